The summed E-state index contributed by atoms with van der Waals surface area (Å²) in [5, 5.41) is 3.04. The lowest BCUT2D eigenvalue weighted by atomic mass is 10.4. The first kappa shape index (κ1) is 13.2. The lowest BCUT2D eigenvalue weighted by Gasteiger charge is -2.07. The van der Waals surface area contributed by atoms with Gasteiger partial charge in [0.2, 0.25) is 10.0 Å². The summed E-state index contributed by atoms with van der Waals surface area (Å²) in [6.07, 6.45) is 2.00. The van der Waals surface area contributed by atoms with Crippen LogP contribution in [-0.2, 0) is 10.0 Å². The minimum absolute atomic E-state index is 0.0740. The monoisotopic (exact) mass is 263 g/mol. The molecule has 0 unspecified atom stereocenters. The van der Waals surface area contributed by atoms with Gasteiger partial charge in [0.05, 0.1) is 5.02 Å². The number of nitrogens with one attached hydrogen (secondary N) is 2. The molecule has 1 rings (SSSR count). The van der Waals surface area contributed by atoms with Gasteiger partial charge < -0.3 is 5.32 Å². The van der Waals surface area contributed by atoms with Crippen molar-refractivity contribution in [3.63, 3.8) is 0 Å². The van der Waals surface area contributed by atoms with Crippen LogP contribution in [0, 0.1) is 0 Å². The van der Waals surface area contributed by atoms with Crippen molar-refractivity contribution in [3.8, 4) is 0 Å². The number of hydrogen-bond donors (Lipinski definition) is 2. The van der Waals surface area contributed by atoms with Crippen molar-refractivity contribution in [2.75, 3.05) is 18.9 Å². The second-order valence-corrected chi connectivity index (χ2v) is 5.32. The minimum atomic E-state index is -3.49. The Labute approximate surface area is 100 Å². The predicted molar refractivity (Wildman–Crippen MR) is 64.3 cm³/mol. The molecule has 0 aliphatic carbocycles. The first-order valence-corrected chi connectivity index (χ1v) is 6.70. The number of hydrogen-bond acceptors (Lipinski definition) is 4. The van der Waals surface area contributed by atoms with E-state index in [2.05, 4.69) is 15.0 Å². The van der Waals surface area contributed by atoms with Crippen LogP contribution in [-0.4, -0.2) is 27.0 Å². The number of pyridine rings is 1. The highest BCUT2D eigenvalue weighted by atomic mass is 35.5. The van der Waals surface area contributed by atoms with Gasteiger partial charge in [-0.2, -0.15) is 0 Å². The molecule has 1 aromatic rings. The van der Waals surface area contributed by atoms with Gasteiger partial charge in [0.1, 0.15) is 10.7 Å². The van der Waals surface area contributed by atoms with Gasteiger partial charge in [0, 0.05) is 19.8 Å². The molecule has 16 heavy (non-hydrogen) atoms. The van der Waals surface area contributed by atoms with E-state index in [0.717, 1.165) is 6.42 Å². The summed E-state index contributed by atoms with van der Waals surface area (Å²) in [6, 6.07) is 1.37. The van der Waals surface area contributed by atoms with Gasteiger partial charge in [-0.3, -0.25) is 0 Å². The molecule has 1 aromatic heterocycles. The molecule has 0 aromatic carbocycles. The largest absolute Gasteiger partial charge is 0.372 e. The molecule has 7 heteroatoms. The second-order valence-electron chi connectivity index (χ2n) is 3.15. The summed E-state index contributed by atoms with van der Waals surface area (Å²) in [5.41, 5.74) is 0. The van der Waals surface area contributed by atoms with Gasteiger partial charge in [-0.25, -0.2) is 18.1 Å². The summed E-state index contributed by atoms with van der Waals surface area (Å²) >= 11 is 5.85. The van der Waals surface area contributed by atoms with Crippen molar-refractivity contribution in [2.45, 2.75) is 18.2 Å². The molecule has 0 aliphatic rings. The van der Waals surface area contributed by atoms with E-state index in [4.69, 9.17) is 11.6 Å². The Kier molecular flexibility index (Phi) is 4.52. The van der Waals surface area contributed by atoms with Crippen LogP contribution in [0.2, 0.25) is 5.02 Å². The van der Waals surface area contributed by atoms with Crippen LogP contribution in [0.25, 0.3) is 0 Å². The maximum absolute atomic E-state index is 11.7. The summed E-state index contributed by atoms with van der Waals surface area (Å²) in [4.78, 5) is 3.98. The van der Waals surface area contributed by atoms with Gasteiger partial charge >= 0.3 is 0 Å². The van der Waals surface area contributed by atoms with Crippen molar-refractivity contribution in [2.24, 2.45) is 0 Å². The quantitative estimate of drug-likeness (QED) is 0.844. The number of aromatic nitrogens is 1. The molecule has 0 bridgehead atoms. The zero-order valence-electron chi connectivity index (χ0n) is 9.12. The SMILES string of the molecule is CCCNS(=O)(=O)c1cnc(NC)c(Cl)c1. The summed E-state index contributed by atoms with van der Waals surface area (Å²) in [6.45, 7) is 2.28. The van der Waals surface area contributed by atoms with Gasteiger partial charge in [0.25, 0.3) is 0 Å². The molecule has 90 valence electrons. The third kappa shape index (κ3) is 3.07. The van der Waals surface area contributed by atoms with Crippen LogP contribution in [0.15, 0.2) is 17.2 Å². The van der Waals surface area contributed by atoms with E-state index in [0.29, 0.717) is 12.4 Å². The van der Waals surface area contributed by atoms with E-state index >= 15 is 0 Å². The Hall–Kier alpha value is -0.850. The number of rotatable bonds is 5. The Morgan fingerprint density at radius 3 is 2.69 bits per heavy atom. The lowest BCUT2D eigenvalue weighted by molar-refractivity contribution is 0.580. The van der Waals surface area contributed by atoms with Crippen molar-refractivity contribution in [1.82, 2.24) is 9.71 Å². The smallest absolute Gasteiger partial charge is 0.242 e. The van der Waals surface area contributed by atoms with Crippen LogP contribution in [0.5, 0.6) is 0 Å². The molecule has 0 saturated heterocycles. The van der Waals surface area contributed by atoms with Crippen molar-refractivity contribution >= 4 is 27.4 Å². The van der Waals surface area contributed by atoms with Gasteiger partial charge in [0.15, 0.2) is 0 Å². The Morgan fingerprint density at radius 1 is 1.50 bits per heavy atom. The highest BCUT2D eigenvalue weighted by molar-refractivity contribution is 7.89. The number of sulfonamides is 1. The first-order chi connectivity index (χ1) is 7.51. The molecular weight excluding hydrogens is 250 g/mol. The minimum Gasteiger partial charge on any atom is -0.372 e. The topological polar surface area (TPSA) is 71.1 Å². The fourth-order valence-corrected chi connectivity index (χ4v) is 2.50. The van der Waals surface area contributed by atoms with Crippen LogP contribution in [0.3, 0.4) is 0 Å². The number of nitrogens with zero attached hydrogens (tertiary/aromatic N) is 1. The van der Waals surface area contributed by atoms with Crippen LogP contribution < -0.4 is 10.0 Å². The average Bonchev–Trinajstić information content (AvgIpc) is 2.26. The first-order valence-electron chi connectivity index (χ1n) is 4.84. The van der Waals surface area contributed by atoms with E-state index < -0.39 is 10.0 Å². The molecule has 0 radical (unpaired) electrons. The van der Waals surface area contributed by atoms with E-state index in [1.807, 2.05) is 6.92 Å². The molecule has 0 fully saturated rings. The molecule has 0 atom stereocenters. The zero-order chi connectivity index (χ0) is 12.2. The van der Waals surface area contributed by atoms with Crippen molar-refractivity contribution in [3.05, 3.63) is 17.3 Å². The highest BCUT2D eigenvalue weighted by Crippen LogP contribution is 2.21. The highest BCUT2D eigenvalue weighted by Gasteiger charge is 2.15. The maximum atomic E-state index is 11.7. The standard InChI is InChI=1S/C9H14ClN3O2S/c1-3-4-13-16(14,15)7-5-8(10)9(11-2)12-6-7/h5-6,13H,3-4H2,1-2H3,(H,11,12). The fraction of sp³-hybridized carbons (Fsp3) is 0.444. The Morgan fingerprint density at radius 2 is 2.19 bits per heavy atom. The third-order valence-electron chi connectivity index (χ3n) is 1.91. The summed E-state index contributed by atoms with van der Waals surface area (Å²) < 4.78 is 25.9. The second kappa shape index (κ2) is 5.47. The molecule has 2 N–H and O–H groups in total. The van der Waals surface area contributed by atoms with E-state index in [1.165, 1.54) is 12.3 Å². The maximum Gasteiger partial charge on any atom is 0.242 e. The molecule has 5 nitrogen and oxygen atoms in total. The lowest BCUT2D eigenvalue weighted by Crippen LogP contribution is -2.24. The van der Waals surface area contributed by atoms with Crippen LogP contribution in [0.1, 0.15) is 13.3 Å². The molecule has 0 saturated carbocycles. The zero-order valence-corrected chi connectivity index (χ0v) is 10.7. The van der Waals surface area contributed by atoms with Gasteiger partial charge in [-0.05, 0) is 12.5 Å². The Balaban J connectivity index is 3.01. The third-order valence-corrected chi connectivity index (χ3v) is 3.62. The van der Waals surface area contributed by atoms with Crippen molar-refractivity contribution < 1.29 is 8.42 Å². The predicted octanol–water partition coefficient (Wildman–Crippen LogP) is 1.47. The summed E-state index contributed by atoms with van der Waals surface area (Å²) in [7, 11) is -1.83. The van der Waals surface area contributed by atoms with Crippen LogP contribution >= 0.6 is 11.6 Å². The van der Waals surface area contributed by atoms with E-state index in [1.54, 1.807) is 7.05 Å². The number of anilines is 1. The molecular formula is C9H14ClN3O2S. The number of halogens is 1. The van der Waals surface area contributed by atoms with E-state index in [-0.39, 0.29) is 9.92 Å². The Bertz CT molecular complexity index is 462. The molecule has 0 aliphatic heterocycles. The van der Waals surface area contributed by atoms with Crippen LogP contribution in [0.4, 0.5) is 5.82 Å². The van der Waals surface area contributed by atoms with Crippen molar-refractivity contribution in [1.29, 1.82) is 0 Å². The average molecular weight is 264 g/mol. The van der Waals surface area contributed by atoms with Gasteiger partial charge in [-0.15, -0.1) is 0 Å². The molecule has 0 amide bonds. The molecule has 0 spiro atoms. The van der Waals surface area contributed by atoms with Gasteiger partial charge in [-0.1, -0.05) is 18.5 Å². The fourth-order valence-electron chi connectivity index (χ4n) is 1.07. The summed E-state index contributed by atoms with van der Waals surface area (Å²) in [5.74, 6) is 0.455. The van der Waals surface area contributed by atoms with E-state index in [9.17, 15) is 8.42 Å². The molecule has 1 heterocycles. The normalized spacial score (nSPS) is 11.4.